The van der Waals surface area contributed by atoms with Gasteiger partial charge in [-0.05, 0) is 53.6 Å². The van der Waals surface area contributed by atoms with Gasteiger partial charge in [0.2, 0.25) is 0 Å². The first-order valence-corrected chi connectivity index (χ1v) is 17.5. The van der Waals surface area contributed by atoms with Crippen molar-refractivity contribution in [2.75, 3.05) is 0 Å². The van der Waals surface area contributed by atoms with Gasteiger partial charge in [0.25, 0.3) is 0 Å². The minimum Gasteiger partial charge on any atom is -0.456 e. The molecule has 0 atom stereocenters. The second-order valence-corrected chi connectivity index (χ2v) is 13.0. The molecule has 0 saturated heterocycles. The minimum absolute atomic E-state index is 0.661. The second-order valence-electron chi connectivity index (χ2n) is 13.0. The van der Waals surface area contributed by atoms with Crippen molar-refractivity contribution in [1.29, 1.82) is 0 Å². The predicted molar refractivity (Wildman–Crippen MR) is 213 cm³/mol. The van der Waals surface area contributed by atoms with E-state index in [4.69, 9.17) is 14.4 Å². The van der Waals surface area contributed by atoms with Crippen molar-refractivity contribution in [1.82, 2.24) is 14.5 Å². The Bertz CT molecular complexity index is 2810. The maximum absolute atomic E-state index is 6.19. The molecule has 10 rings (SSSR count). The first kappa shape index (κ1) is 29.8. The first-order valence-electron chi connectivity index (χ1n) is 17.5. The summed E-state index contributed by atoms with van der Waals surface area (Å²) < 4.78 is 8.53. The van der Waals surface area contributed by atoms with Crippen LogP contribution in [-0.4, -0.2) is 14.5 Å². The van der Waals surface area contributed by atoms with E-state index in [0.717, 1.165) is 78.2 Å². The molecule has 0 aliphatic heterocycles. The van der Waals surface area contributed by atoms with Gasteiger partial charge in [-0.15, -0.1) is 0 Å². The fourth-order valence-corrected chi connectivity index (χ4v) is 7.40. The van der Waals surface area contributed by atoms with Crippen molar-refractivity contribution < 1.29 is 4.42 Å². The lowest BCUT2D eigenvalue weighted by molar-refractivity contribution is 0.631. The number of benzene rings is 7. The molecule has 7 aromatic carbocycles. The van der Waals surface area contributed by atoms with Gasteiger partial charge in [0.05, 0.1) is 28.1 Å². The quantitative estimate of drug-likeness (QED) is 0.178. The first-order chi connectivity index (χ1) is 25.8. The Balaban J connectivity index is 1.18. The number of nitrogens with zero attached hydrogens (tertiary/aromatic N) is 3. The molecule has 4 nitrogen and oxygen atoms in total. The Morgan fingerprint density at radius 3 is 1.73 bits per heavy atom. The van der Waals surface area contributed by atoms with Gasteiger partial charge in [0.1, 0.15) is 11.3 Å². The maximum atomic E-state index is 6.19. The molecule has 3 heterocycles. The average Bonchev–Trinajstić information content (AvgIpc) is 3.81. The van der Waals surface area contributed by atoms with Crippen LogP contribution in [0.3, 0.4) is 0 Å². The van der Waals surface area contributed by atoms with Crippen LogP contribution in [0, 0.1) is 0 Å². The van der Waals surface area contributed by atoms with E-state index >= 15 is 0 Å². The normalized spacial score (nSPS) is 11.5. The summed E-state index contributed by atoms with van der Waals surface area (Å²) in [6, 6.07) is 65.4. The number of furan rings is 1. The van der Waals surface area contributed by atoms with Crippen LogP contribution in [0.25, 0.3) is 94.8 Å². The third kappa shape index (κ3) is 5.09. The number of hydrogen-bond donors (Lipinski definition) is 0. The highest BCUT2D eigenvalue weighted by atomic mass is 16.3. The van der Waals surface area contributed by atoms with E-state index in [9.17, 15) is 0 Å². The summed E-state index contributed by atoms with van der Waals surface area (Å²) in [5, 5.41) is 3.51. The molecule has 0 amide bonds. The summed E-state index contributed by atoms with van der Waals surface area (Å²) in [4.78, 5) is 10.7. The maximum Gasteiger partial charge on any atom is 0.162 e. The molecule has 0 spiro atoms. The molecule has 0 radical (unpaired) electrons. The Kier molecular flexibility index (Phi) is 7.10. The van der Waals surface area contributed by atoms with E-state index in [1.807, 2.05) is 24.3 Å². The molecular formula is C48H31N3O. The number of rotatable bonds is 6. The monoisotopic (exact) mass is 665 g/mol. The van der Waals surface area contributed by atoms with Crippen molar-refractivity contribution in [2.45, 2.75) is 0 Å². The van der Waals surface area contributed by atoms with Crippen molar-refractivity contribution >= 4 is 32.8 Å². The van der Waals surface area contributed by atoms with E-state index in [0.29, 0.717) is 5.82 Å². The van der Waals surface area contributed by atoms with E-state index in [1.54, 1.807) is 0 Å². The summed E-state index contributed by atoms with van der Waals surface area (Å²) in [6.07, 6.45) is 0. The Morgan fingerprint density at radius 1 is 0.404 bits per heavy atom. The second kappa shape index (κ2) is 12.4. The lowest BCUT2D eigenvalue weighted by atomic mass is 9.96. The lowest BCUT2D eigenvalue weighted by Crippen LogP contribution is -2.01. The molecule has 244 valence electrons. The number of hydrogen-bond acceptors (Lipinski definition) is 3. The number of fused-ring (bicyclic) bond motifs is 4. The van der Waals surface area contributed by atoms with Crippen LogP contribution >= 0.6 is 0 Å². The molecule has 0 N–H and O–H groups in total. The zero-order valence-corrected chi connectivity index (χ0v) is 28.1. The molecule has 0 aliphatic carbocycles. The van der Waals surface area contributed by atoms with Crippen LogP contribution < -0.4 is 0 Å². The lowest BCUT2D eigenvalue weighted by Gasteiger charge is -2.16. The summed E-state index contributed by atoms with van der Waals surface area (Å²) in [6.45, 7) is 0. The topological polar surface area (TPSA) is 43.9 Å². The third-order valence-corrected chi connectivity index (χ3v) is 9.87. The van der Waals surface area contributed by atoms with Crippen molar-refractivity contribution in [3.63, 3.8) is 0 Å². The molecular weight excluding hydrogens is 635 g/mol. The molecule has 10 aromatic rings. The van der Waals surface area contributed by atoms with Crippen LogP contribution in [0.4, 0.5) is 0 Å². The van der Waals surface area contributed by atoms with Gasteiger partial charge in [0, 0.05) is 38.4 Å². The van der Waals surface area contributed by atoms with Gasteiger partial charge in [0.15, 0.2) is 5.82 Å². The smallest absolute Gasteiger partial charge is 0.162 e. The molecule has 0 aliphatic rings. The van der Waals surface area contributed by atoms with Crippen molar-refractivity contribution in [3.05, 3.63) is 188 Å². The summed E-state index contributed by atoms with van der Waals surface area (Å²) in [7, 11) is 0. The van der Waals surface area contributed by atoms with Gasteiger partial charge >= 0.3 is 0 Å². The fourth-order valence-electron chi connectivity index (χ4n) is 7.40. The van der Waals surface area contributed by atoms with Gasteiger partial charge in [-0.3, -0.25) is 0 Å². The molecule has 4 heteroatoms. The van der Waals surface area contributed by atoms with Crippen molar-refractivity contribution in [3.8, 4) is 62.0 Å². The largest absolute Gasteiger partial charge is 0.456 e. The fraction of sp³-hybridized carbons (Fsp3) is 0. The predicted octanol–water partition coefficient (Wildman–Crippen LogP) is 12.7. The Morgan fingerprint density at radius 2 is 0.981 bits per heavy atom. The highest BCUT2D eigenvalue weighted by Crippen LogP contribution is 2.38. The van der Waals surface area contributed by atoms with Crippen LogP contribution in [-0.2, 0) is 0 Å². The number of para-hydroxylation sites is 4. The molecule has 0 unspecified atom stereocenters. The number of aromatic nitrogens is 3. The summed E-state index contributed by atoms with van der Waals surface area (Å²) in [5.74, 6) is 1.50. The zero-order valence-electron chi connectivity index (χ0n) is 28.1. The van der Waals surface area contributed by atoms with Crippen LogP contribution in [0.1, 0.15) is 0 Å². The molecule has 0 saturated carbocycles. The molecule has 0 fully saturated rings. The van der Waals surface area contributed by atoms with Crippen molar-refractivity contribution in [2.24, 2.45) is 0 Å². The van der Waals surface area contributed by atoms with Crippen LogP contribution in [0.5, 0.6) is 0 Å². The Labute approximate surface area is 300 Å². The van der Waals surface area contributed by atoms with Gasteiger partial charge in [-0.2, -0.15) is 0 Å². The van der Waals surface area contributed by atoms with Crippen LogP contribution in [0.2, 0.25) is 0 Å². The summed E-state index contributed by atoms with van der Waals surface area (Å²) >= 11 is 0. The van der Waals surface area contributed by atoms with E-state index < -0.39 is 0 Å². The van der Waals surface area contributed by atoms with Gasteiger partial charge in [-0.1, -0.05) is 146 Å². The third-order valence-electron chi connectivity index (χ3n) is 9.87. The van der Waals surface area contributed by atoms with Crippen LogP contribution in [0.15, 0.2) is 192 Å². The SMILES string of the molecule is c1ccc(-c2ccccc2-c2cc(-c3ccc(-c4cc5ccccc5o4)cc3)nc(-c3ccccc3-n3c4ccccc4c4ccccc43)n2)cc1. The highest BCUT2D eigenvalue weighted by Gasteiger charge is 2.19. The summed E-state index contributed by atoms with van der Waals surface area (Å²) in [5.41, 5.74) is 12.2. The van der Waals surface area contributed by atoms with E-state index in [2.05, 4.69) is 168 Å². The molecule has 3 aromatic heterocycles. The molecule has 52 heavy (non-hydrogen) atoms. The van der Waals surface area contributed by atoms with Gasteiger partial charge in [-0.25, -0.2) is 9.97 Å². The van der Waals surface area contributed by atoms with E-state index in [1.165, 1.54) is 10.8 Å². The highest BCUT2D eigenvalue weighted by molar-refractivity contribution is 6.09. The molecule has 0 bridgehead atoms. The minimum atomic E-state index is 0.661. The standard InChI is InChI=1S/C48H31N3O/c1-2-14-32(15-3-1)36-17-5-6-18-37(36)42-31-41(33-26-28-34(29-27-33)47-30-35-16-4-13-25-46(35)52-47)49-48(50-42)40-21-9-12-24-45(40)51-43-22-10-7-19-38(43)39-20-8-11-23-44(39)51/h1-31H. The Hall–Kier alpha value is -7.04. The van der Waals surface area contributed by atoms with Gasteiger partial charge < -0.3 is 8.98 Å². The zero-order chi connectivity index (χ0) is 34.4. The average molecular weight is 666 g/mol. The van der Waals surface area contributed by atoms with E-state index in [-0.39, 0.29) is 0 Å².